The van der Waals surface area contributed by atoms with E-state index in [1.165, 1.54) is 0 Å². The fourth-order valence-corrected chi connectivity index (χ4v) is 1.70. The van der Waals surface area contributed by atoms with Crippen molar-refractivity contribution in [3.05, 3.63) is 23.8 Å². The van der Waals surface area contributed by atoms with Gasteiger partial charge in [0.05, 0.1) is 12.3 Å². The third-order valence-corrected chi connectivity index (χ3v) is 2.86. The van der Waals surface area contributed by atoms with E-state index in [2.05, 4.69) is 23.2 Å². The molecule has 94 valence electrons. The van der Waals surface area contributed by atoms with Crippen molar-refractivity contribution in [2.45, 2.75) is 33.6 Å². The van der Waals surface area contributed by atoms with Crippen LogP contribution in [-0.2, 0) is 4.74 Å². The third kappa shape index (κ3) is 4.06. The second kappa shape index (κ2) is 6.23. The number of rotatable bonds is 3. The smallest absolute Gasteiger partial charge is 0.427 e. The summed E-state index contributed by atoms with van der Waals surface area (Å²) < 4.78 is 4.75. The lowest BCUT2D eigenvalue weighted by molar-refractivity contribution is 0.152. The van der Waals surface area contributed by atoms with Crippen molar-refractivity contribution in [1.82, 2.24) is 5.43 Å². The number of ether oxygens (including phenoxy) is 1. The summed E-state index contributed by atoms with van der Waals surface area (Å²) in [7, 11) is 0. The maximum absolute atomic E-state index is 11.1. The lowest BCUT2D eigenvalue weighted by atomic mass is 9.85. The molecule has 1 amide bonds. The molecule has 1 aliphatic rings. The van der Waals surface area contributed by atoms with E-state index in [9.17, 15) is 4.79 Å². The Balaban J connectivity index is 2.65. The molecule has 1 atom stereocenters. The van der Waals surface area contributed by atoms with Gasteiger partial charge in [-0.1, -0.05) is 18.2 Å². The Hall–Kier alpha value is -1.58. The van der Waals surface area contributed by atoms with Crippen LogP contribution in [0.25, 0.3) is 0 Å². The molecule has 4 nitrogen and oxygen atoms in total. The summed E-state index contributed by atoms with van der Waals surface area (Å²) in [6.45, 7) is 10.1. The predicted molar refractivity (Wildman–Crippen MR) is 68.9 cm³/mol. The molecule has 0 unspecified atom stereocenters. The topological polar surface area (TPSA) is 50.7 Å². The minimum Gasteiger partial charge on any atom is -0.449 e. The largest absolute Gasteiger partial charge is 0.449 e. The summed E-state index contributed by atoms with van der Waals surface area (Å²) in [6.07, 6.45) is 3.45. The van der Waals surface area contributed by atoms with Crippen LogP contribution >= 0.6 is 0 Å². The molecule has 0 fully saturated rings. The van der Waals surface area contributed by atoms with Crippen LogP contribution in [0.4, 0.5) is 4.79 Å². The van der Waals surface area contributed by atoms with Crippen LogP contribution in [0.5, 0.6) is 0 Å². The Kier molecular flexibility index (Phi) is 4.94. The first kappa shape index (κ1) is 13.5. The maximum atomic E-state index is 11.1. The first-order chi connectivity index (χ1) is 8.04. The van der Waals surface area contributed by atoms with E-state index in [-0.39, 0.29) is 0 Å². The van der Waals surface area contributed by atoms with Crippen molar-refractivity contribution < 1.29 is 9.53 Å². The van der Waals surface area contributed by atoms with Gasteiger partial charge in [-0.05, 0) is 45.1 Å². The van der Waals surface area contributed by atoms with Crippen LogP contribution in [-0.4, -0.2) is 18.4 Å². The number of allylic oxidation sites excluding steroid dienone is 3. The summed E-state index contributed by atoms with van der Waals surface area (Å²) in [6, 6.07) is 0. The lowest BCUT2D eigenvalue weighted by Crippen LogP contribution is -2.23. The molecule has 0 saturated carbocycles. The Bertz CT molecular complexity index is 370. The second-order valence-electron chi connectivity index (χ2n) is 4.26. The Morgan fingerprint density at radius 2 is 2.41 bits per heavy atom. The number of hydrogen-bond donors (Lipinski definition) is 1. The Morgan fingerprint density at radius 3 is 3.00 bits per heavy atom. The zero-order valence-electron chi connectivity index (χ0n) is 10.7. The van der Waals surface area contributed by atoms with E-state index < -0.39 is 6.09 Å². The lowest BCUT2D eigenvalue weighted by Gasteiger charge is -2.22. The first-order valence-corrected chi connectivity index (χ1v) is 5.86. The normalized spacial score (nSPS) is 21.9. The monoisotopic (exact) mass is 236 g/mol. The third-order valence-electron chi connectivity index (χ3n) is 2.86. The van der Waals surface area contributed by atoms with E-state index >= 15 is 0 Å². The zero-order chi connectivity index (χ0) is 12.8. The molecular formula is C13H20N2O2. The molecule has 1 rings (SSSR count). The van der Waals surface area contributed by atoms with E-state index in [1.54, 1.807) is 6.92 Å². The van der Waals surface area contributed by atoms with Gasteiger partial charge in [0.1, 0.15) is 0 Å². The van der Waals surface area contributed by atoms with Crippen LogP contribution in [0.2, 0.25) is 0 Å². The molecule has 0 aromatic heterocycles. The molecule has 17 heavy (non-hydrogen) atoms. The van der Waals surface area contributed by atoms with Gasteiger partial charge in [-0.25, -0.2) is 10.2 Å². The standard InChI is InChI=1S/C13H20N2O2/c1-5-17-13(16)15-14-12-8-11(9(2)3)7-6-10(12)4/h6,11H,2,5,7-8H2,1,3-4H3,(H,15,16)/t11-/m1/s1. The fraction of sp³-hybridized carbons (Fsp3) is 0.538. The van der Waals surface area contributed by atoms with Crippen molar-refractivity contribution in [3.63, 3.8) is 0 Å². The SMILES string of the molecule is C=C(C)[C@@H]1CC=C(C)C(=NNC(=O)OCC)C1. The van der Waals surface area contributed by atoms with Gasteiger partial charge in [-0.15, -0.1) is 0 Å². The number of carbonyl (C=O) groups is 1. The highest BCUT2D eigenvalue weighted by Crippen LogP contribution is 2.26. The van der Waals surface area contributed by atoms with Gasteiger partial charge in [0.25, 0.3) is 0 Å². The average Bonchev–Trinajstić information content (AvgIpc) is 2.28. The summed E-state index contributed by atoms with van der Waals surface area (Å²) in [5.41, 5.74) is 5.56. The van der Waals surface area contributed by atoms with Crippen LogP contribution in [0, 0.1) is 5.92 Å². The summed E-state index contributed by atoms with van der Waals surface area (Å²) in [5.74, 6) is 0.418. The van der Waals surface area contributed by atoms with E-state index in [0.717, 1.165) is 29.7 Å². The summed E-state index contributed by atoms with van der Waals surface area (Å²) in [4.78, 5) is 11.1. The number of hydrogen-bond acceptors (Lipinski definition) is 3. The second-order valence-corrected chi connectivity index (χ2v) is 4.26. The summed E-state index contributed by atoms with van der Waals surface area (Å²) in [5, 5.41) is 4.10. The first-order valence-electron chi connectivity index (χ1n) is 5.86. The van der Waals surface area contributed by atoms with E-state index in [1.807, 2.05) is 13.8 Å². The number of carbonyl (C=O) groups excluding carboxylic acids is 1. The highest BCUT2D eigenvalue weighted by molar-refractivity contribution is 6.01. The Morgan fingerprint density at radius 1 is 1.71 bits per heavy atom. The van der Waals surface area contributed by atoms with Crippen molar-refractivity contribution in [2.24, 2.45) is 11.0 Å². The van der Waals surface area contributed by atoms with Crippen molar-refractivity contribution >= 4 is 11.8 Å². The number of nitrogens with one attached hydrogen (secondary N) is 1. The van der Waals surface area contributed by atoms with Gasteiger partial charge in [0.2, 0.25) is 0 Å². The molecule has 0 aromatic rings. The molecule has 0 saturated heterocycles. The van der Waals surface area contributed by atoms with Gasteiger partial charge in [0.15, 0.2) is 0 Å². The molecular weight excluding hydrogens is 216 g/mol. The highest BCUT2D eigenvalue weighted by atomic mass is 16.5. The van der Waals surface area contributed by atoms with Crippen LogP contribution < -0.4 is 5.43 Å². The van der Waals surface area contributed by atoms with Gasteiger partial charge in [0, 0.05) is 0 Å². The van der Waals surface area contributed by atoms with Gasteiger partial charge in [-0.2, -0.15) is 5.10 Å². The van der Waals surface area contributed by atoms with Gasteiger partial charge >= 0.3 is 6.09 Å². The highest BCUT2D eigenvalue weighted by Gasteiger charge is 2.18. The van der Waals surface area contributed by atoms with Crippen molar-refractivity contribution in [1.29, 1.82) is 0 Å². The summed E-state index contributed by atoms with van der Waals surface area (Å²) >= 11 is 0. The van der Waals surface area contributed by atoms with Gasteiger partial charge < -0.3 is 4.74 Å². The predicted octanol–water partition coefficient (Wildman–Crippen LogP) is 3.02. The van der Waals surface area contributed by atoms with Crippen LogP contribution in [0.3, 0.4) is 0 Å². The molecule has 0 aromatic carbocycles. The number of hydrazone groups is 1. The van der Waals surface area contributed by atoms with Gasteiger partial charge in [-0.3, -0.25) is 0 Å². The molecule has 1 aliphatic carbocycles. The van der Waals surface area contributed by atoms with E-state index in [4.69, 9.17) is 4.74 Å². The Labute approximate surface area is 102 Å². The minimum absolute atomic E-state index is 0.347. The average molecular weight is 236 g/mol. The molecule has 4 heteroatoms. The quantitative estimate of drug-likeness (QED) is 0.605. The number of nitrogens with zero attached hydrogens (tertiary/aromatic N) is 1. The zero-order valence-corrected chi connectivity index (χ0v) is 10.7. The fourth-order valence-electron chi connectivity index (χ4n) is 1.70. The maximum Gasteiger partial charge on any atom is 0.427 e. The van der Waals surface area contributed by atoms with Crippen molar-refractivity contribution in [3.8, 4) is 0 Å². The van der Waals surface area contributed by atoms with Crippen LogP contribution in [0.1, 0.15) is 33.6 Å². The van der Waals surface area contributed by atoms with E-state index in [0.29, 0.717) is 12.5 Å². The van der Waals surface area contributed by atoms with Crippen LogP contribution in [0.15, 0.2) is 28.9 Å². The molecule has 0 heterocycles. The number of amides is 1. The molecule has 0 bridgehead atoms. The minimum atomic E-state index is -0.509. The molecule has 1 N–H and O–H groups in total. The molecule has 0 radical (unpaired) electrons. The van der Waals surface area contributed by atoms with Crippen molar-refractivity contribution in [2.75, 3.05) is 6.61 Å². The molecule has 0 spiro atoms. The molecule has 0 aliphatic heterocycles.